The highest BCUT2D eigenvalue weighted by Gasteiger charge is 2.22. The minimum Gasteiger partial charge on any atom is -0.278 e. The lowest BCUT2D eigenvalue weighted by Crippen LogP contribution is -2.30. The first-order valence-corrected chi connectivity index (χ1v) is 10.5. The largest absolute Gasteiger partial charge is 0.278 e. The molecule has 28 heavy (non-hydrogen) atoms. The fourth-order valence-electron chi connectivity index (χ4n) is 2.94. The molecule has 2 aromatic carbocycles. The molecule has 0 saturated heterocycles. The van der Waals surface area contributed by atoms with E-state index in [2.05, 4.69) is 46.9 Å². The maximum atomic E-state index is 13.4. The van der Waals surface area contributed by atoms with Gasteiger partial charge in [0.25, 0.3) is 5.91 Å². The van der Waals surface area contributed by atoms with E-state index in [1.807, 2.05) is 42.5 Å². The van der Waals surface area contributed by atoms with E-state index in [4.69, 9.17) is 4.98 Å². The Morgan fingerprint density at radius 1 is 1.07 bits per heavy atom. The monoisotopic (exact) mass is 451 g/mol. The Kier molecular flexibility index (Phi) is 5.24. The number of thiazole rings is 1. The number of hydrogen-bond donors (Lipinski definition) is 0. The number of anilines is 1. The van der Waals surface area contributed by atoms with Crippen LogP contribution in [0.2, 0.25) is 0 Å². The second kappa shape index (κ2) is 7.81. The summed E-state index contributed by atoms with van der Waals surface area (Å²) < 4.78 is 1.94. The number of aromatic nitrogens is 2. The van der Waals surface area contributed by atoms with Crippen LogP contribution in [0.25, 0.3) is 10.2 Å². The van der Waals surface area contributed by atoms with Gasteiger partial charge in [-0.15, -0.1) is 0 Å². The molecule has 0 fully saturated rings. The number of hydrogen-bond acceptors (Lipinski definition) is 4. The van der Waals surface area contributed by atoms with E-state index in [0.717, 1.165) is 20.4 Å². The third-order valence-electron chi connectivity index (χ3n) is 4.59. The molecule has 0 aliphatic heterocycles. The van der Waals surface area contributed by atoms with Gasteiger partial charge in [-0.1, -0.05) is 39.4 Å². The van der Waals surface area contributed by atoms with Gasteiger partial charge in [0.15, 0.2) is 5.13 Å². The number of nitrogens with zero attached hydrogens (tertiary/aromatic N) is 3. The lowest BCUT2D eigenvalue weighted by atomic mass is 10.1. The zero-order valence-corrected chi connectivity index (χ0v) is 17.9. The molecular weight excluding hydrogens is 434 g/mol. The first-order valence-electron chi connectivity index (χ1n) is 8.86. The highest BCUT2D eigenvalue weighted by atomic mass is 79.9. The summed E-state index contributed by atoms with van der Waals surface area (Å²) in [5.41, 5.74) is 4.75. The Hall–Kier alpha value is -2.57. The number of carbonyl (C=O) groups excluding carboxylic acids is 1. The fourth-order valence-corrected chi connectivity index (χ4v) is 4.38. The van der Waals surface area contributed by atoms with Crippen LogP contribution in [0, 0.1) is 13.8 Å². The molecule has 4 rings (SSSR count). The van der Waals surface area contributed by atoms with Gasteiger partial charge in [-0.25, -0.2) is 4.98 Å². The molecular formula is C22H18BrN3OS. The normalized spacial score (nSPS) is 11.0. The fraction of sp³-hybridized carbons (Fsp3) is 0.136. The lowest BCUT2D eigenvalue weighted by Gasteiger charge is -2.19. The number of fused-ring (bicyclic) bond motifs is 1. The average Bonchev–Trinajstić information content (AvgIpc) is 3.09. The van der Waals surface area contributed by atoms with E-state index < -0.39 is 0 Å². The van der Waals surface area contributed by atoms with Crippen molar-refractivity contribution in [3.8, 4) is 0 Å². The number of halogens is 1. The van der Waals surface area contributed by atoms with Gasteiger partial charge < -0.3 is 0 Å². The Bertz CT molecular complexity index is 1120. The predicted molar refractivity (Wildman–Crippen MR) is 118 cm³/mol. The van der Waals surface area contributed by atoms with Crippen LogP contribution < -0.4 is 4.90 Å². The molecule has 0 aliphatic rings. The first-order chi connectivity index (χ1) is 13.5. The molecule has 6 heteroatoms. The smallest absolute Gasteiger partial charge is 0.260 e. The zero-order chi connectivity index (χ0) is 19.7. The van der Waals surface area contributed by atoms with Gasteiger partial charge in [0.2, 0.25) is 0 Å². The van der Waals surface area contributed by atoms with E-state index in [0.29, 0.717) is 17.2 Å². The summed E-state index contributed by atoms with van der Waals surface area (Å²) in [6, 6.07) is 17.3. The van der Waals surface area contributed by atoms with Crippen molar-refractivity contribution in [3.05, 3.63) is 87.7 Å². The van der Waals surface area contributed by atoms with Crippen molar-refractivity contribution in [2.24, 2.45) is 0 Å². The summed E-state index contributed by atoms with van der Waals surface area (Å²) in [7, 11) is 0. The molecule has 0 unspecified atom stereocenters. The number of carbonyl (C=O) groups is 1. The molecule has 2 heterocycles. The molecule has 0 bridgehead atoms. The summed E-state index contributed by atoms with van der Waals surface area (Å²) in [6.45, 7) is 4.53. The van der Waals surface area contributed by atoms with Gasteiger partial charge >= 0.3 is 0 Å². The van der Waals surface area contributed by atoms with E-state index in [9.17, 15) is 4.79 Å². The summed E-state index contributed by atoms with van der Waals surface area (Å²) in [6.07, 6.45) is 1.74. The topological polar surface area (TPSA) is 46.1 Å². The van der Waals surface area contributed by atoms with Gasteiger partial charge in [-0.05, 0) is 67.4 Å². The van der Waals surface area contributed by atoms with E-state index in [-0.39, 0.29) is 5.91 Å². The molecule has 0 spiro atoms. The molecule has 1 amide bonds. The molecule has 0 atom stereocenters. The van der Waals surface area contributed by atoms with E-state index in [1.54, 1.807) is 11.1 Å². The average molecular weight is 452 g/mol. The summed E-state index contributed by atoms with van der Waals surface area (Å²) >= 11 is 4.98. The number of amides is 1. The van der Waals surface area contributed by atoms with E-state index in [1.165, 1.54) is 22.5 Å². The van der Waals surface area contributed by atoms with Crippen molar-refractivity contribution in [1.82, 2.24) is 9.97 Å². The molecule has 2 aromatic heterocycles. The van der Waals surface area contributed by atoms with Crippen LogP contribution in [-0.2, 0) is 6.54 Å². The third kappa shape index (κ3) is 3.84. The van der Waals surface area contributed by atoms with Gasteiger partial charge in [0.05, 0.1) is 22.5 Å². The van der Waals surface area contributed by atoms with Crippen LogP contribution >= 0.6 is 27.3 Å². The van der Waals surface area contributed by atoms with Crippen LogP contribution in [-0.4, -0.2) is 15.9 Å². The number of aryl methyl sites for hydroxylation is 2. The van der Waals surface area contributed by atoms with Gasteiger partial charge in [0.1, 0.15) is 0 Å². The Balaban J connectivity index is 1.79. The summed E-state index contributed by atoms with van der Waals surface area (Å²) in [4.78, 5) is 24.2. The van der Waals surface area contributed by atoms with Crippen LogP contribution in [0.4, 0.5) is 5.13 Å². The molecule has 140 valence electrons. The quantitative estimate of drug-likeness (QED) is 0.386. The van der Waals surface area contributed by atoms with Crippen LogP contribution in [0.15, 0.2) is 65.3 Å². The van der Waals surface area contributed by atoms with Crippen molar-refractivity contribution in [3.63, 3.8) is 0 Å². The van der Waals surface area contributed by atoms with Crippen molar-refractivity contribution in [2.75, 3.05) is 4.90 Å². The highest BCUT2D eigenvalue weighted by Crippen LogP contribution is 2.32. The zero-order valence-electron chi connectivity index (χ0n) is 15.5. The molecule has 4 aromatic rings. The second-order valence-corrected chi connectivity index (χ2v) is 8.55. The Labute approximate surface area is 176 Å². The minimum absolute atomic E-state index is 0.0977. The molecule has 0 radical (unpaired) electrons. The molecule has 0 N–H and O–H groups in total. The van der Waals surface area contributed by atoms with Gasteiger partial charge in [0, 0.05) is 16.2 Å². The van der Waals surface area contributed by atoms with Crippen molar-refractivity contribution < 1.29 is 4.79 Å². The number of pyridine rings is 1. The van der Waals surface area contributed by atoms with Crippen molar-refractivity contribution in [2.45, 2.75) is 20.4 Å². The van der Waals surface area contributed by atoms with E-state index >= 15 is 0 Å². The number of benzene rings is 2. The Morgan fingerprint density at radius 3 is 2.64 bits per heavy atom. The van der Waals surface area contributed by atoms with Crippen LogP contribution in [0.1, 0.15) is 27.2 Å². The van der Waals surface area contributed by atoms with Gasteiger partial charge in [-0.2, -0.15) is 0 Å². The summed E-state index contributed by atoms with van der Waals surface area (Å²) in [5.74, 6) is -0.0977. The molecule has 0 aliphatic carbocycles. The van der Waals surface area contributed by atoms with Crippen LogP contribution in [0.3, 0.4) is 0 Å². The third-order valence-corrected chi connectivity index (χ3v) is 6.12. The maximum absolute atomic E-state index is 13.4. The lowest BCUT2D eigenvalue weighted by molar-refractivity contribution is 0.0984. The standard InChI is InChI=1S/C22H18BrN3OS/c1-14-10-19-20(11-15(14)2)28-22(25-19)26(13-18-8-3-4-9-24-18)21(27)16-6-5-7-17(23)12-16/h3-12H,13H2,1-2H3. The van der Waals surface area contributed by atoms with Crippen molar-refractivity contribution >= 4 is 48.5 Å². The molecule has 0 saturated carbocycles. The highest BCUT2D eigenvalue weighted by molar-refractivity contribution is 9.10. The van der Waals surface area contributed by atoms with Crippen molar-refractivity contribution in [1.29, 1.82) is 0 Å². The minimum atomic E-state index is -0.0977. The van der Waals surface area contributed by atoms with Gasteiger partial charge in [-0.3, -0.25) is 14.7 Å². The van der Waals surface area contributed by atoms with Crippen LogP contribution in [0.5, 0.6) is 0 Å². The Morgan fingerprint density at radius 2 is 1.89 bits per heavy atom. The SMILES string of the molecule is Cc1cc2nc(N(Cc3ccccn3)C(=O)c3cccc(Br)c3)sc2cc1C. The summed E-state index contributed by atoms with van der Waals surface area (Å²) in [5, 5.41) is 0.677. The first kappa shape index (κ1) is 18.8. The number of rotatable bonds is 4. The predicted octanol–water partition coefficient (Wildman–Crippen LogP) is 5.92. The maximum Gasteiger partial charge on any atom is 0.260 e. The molecule has 4 nitrogen and oxygen atoms in total. The second-order valence-electron chi connectivity index (χ2n) is 6.62.